The zero-order valence-electron chi connectivity index (χ0n) is 10.3. The van der Waals surface area contributed by atoms with E-state index < -0.39 is 29.6 Å². The number of nitrogens with one attached hydrogen (secondary N) is 1. The summed E-state index contributed by atoms with van der Waals surface area (Å²) >= 11 is 0. The van der Waals surface area contributed by atoms with Crippen LogP contribution in [0.15, 0.2) is 18.2 Å². The highest BCUT2D eigenvalue weighted by Gasteiger charge is 2.22. The summed E-state index contributed by atoms with van der Waals surface area (Å²) < 4.78 is 17.5. The van der Waals surface area contributed by atoms with Crippen LogP contribution >= 0.6 is 0 Å². The Morgan fingerprint density at radius 1 is 1.37 bits per heavy atom. The van der Waals surface area contributed by atoms with Gasteiger partial charge in [-0.2, -0.15) is 0 Å². The van der Waals surface area contributed by atoms with Crippen molar-refractivity contribution < 1.29 is 28.6 Å². The van der Waals surface area contributed by atoms with Crippen LogP contribution in [0, 0.1) is 11.7 Å². The van der Waals surface area contributed by atoms with Crippen LogP contribution in [0.4, 0.5) is 10.1 Å². The minimum absolute atomic E-state index is 0.00801. The van der Waals surface area contributed by atoms with Crippen LogP contribution in [-0.2, 0) is 14.3 Å². The molecule has 6 nitrogen and oxygen atoms in total. The number of carboxylic acids is 1. The molecule has 0 aliphatic heterocycles. The van der Waals surface area contributed by atoms with Crippen LogP contribution in [-0.4, -0.2) is 30.1 Å². The maximum absolute atomic E-state index is 13.1. The molecule has 0 aromatic heterocycles. The number of benzene rings is 1. The first kappa shape index (κ1) is 14.6. The number of rotatable bonds is 4. The van der Waals surface area contributed by atoms with E-state index in [1.54, 1.807) is 0 Å². The summed E-state index contributed by atoms with van der Waals surface area (Å²) in [5.41, 5.74) is -0.195. The van der Waals surface area contributed by atoms with Gasteiger partial charge in [0.1, 0.15) is 11.7 Å². The van der Waals surface area contributed by atoms with Crippen LogP contribution in [0.3, 0.4) is 0 Å². The van der Waals surface area contributed by atoms with E-state index in [0.29, 0.717) is 0 Å². The Hall–Kier alpha value is -2.44. The van der Waals surface area contributed by atoms with Gasteiger partial charge in [-0.15, -0.1) is 0 Å². The van der Waals surface area contributed by atoms with Crippen molar-refractivity contribution in [3.05, 3.63) is 29.6 Å². The van der Waals surface area contributed by atoms with E-state index in [9.17, 15) is 18.8 Å². The molecule has 1 unspecified atom stereocenters. The average Bonchev–Trinajstić information content (AvgIpc) is 2.38. The van der Waals surface area contributed by atoms with Crippen molar-refractivity contribution in [1.29, 1.82) is 0 Å². The van der Waals surface area contributed by atoms with Crippen molar-refractivity contribution in [3.8, 4) is 0 Å². The topological polar surface area (TPSA) is 92.7 Å². The van der Waals surface area contributed by atoms with Crippen molar-refractivity contribution in [3.63, 3.8) is 0 Å². The minimum atomic E-state index is -1.31. The molecular weight excluding hydrogens is 257 g/mol. The molecule has 102 valence electrons. The fraction of sp³-hybridized carbons (Fsp3) is 0.250. The van der Waals surface area contributed by atoms with Gasteiger partial charge in [-0.25, -0.2) is 9.18 Å². The molecule has 1 amide bonds. The van der Waals surface area contributed by atoms with E-state index in [1.807, 2.05) is 0 Å². The minimum Gasteiger partial charge on any atom is -0.481 e. The maximum Gasteiger partial charge on any atom is 0.340 e. The fourth-order valence-electron chi connectivity index (χ4n) is 1.26. The molecule has 0 bridgehead atoms. The van der Waals surface area contributed by atoms with Gasteiger partial charge in [0.2, 0.25) is 5.91 Å². The number of amides is 1. The lowest BCUT2D eigenvalue weighted by molar-refractivity contribution is -0.144. The van der Waals surface area contributed by atoms with Crippen LogP contribution in [0.25, 0.3) is 0 Å². The van der Waals surface area contributed by atoms with Gasteiger partial charge in [-0.1, -0.05) is 0 Å². The third-order valence-corrected chi connectivity index (χ3v) is 2.41. The third-order valence-electron chi connectivity index (χ3n) is 2.41. The summed E-state index contributed by atoms with van der Waals surface area (Å²) in [4.78, 5) is 33.6. The Bertz CT molecular complexity index is 529. The first-order valence-corrected chi connectivity index (χ1v) is 5.28. The monoisotopic (exact) mass is 269 g/mol. The van der Waals surface area contributed by atoms with Gasteiger partial charge in [0, 0.05) is 0 Å². The molecular formula is C12H12FNO5. The van der Waals surface area contributed by atoms with E-state index in [2.05, 4.69) is 10.1 Å². The molecule has 7 heteroatoms. The number of halogens is 1. The van der Waals surface area contributed by atoms with Crippen LogP contribution in [0.1, 0.15) is 17.3 Å². The van der Waals surface area contributed by atoms with Crippen molar-refractivity contribution in [2.24, 2.45) is 5.92 Å². The number of hydrogen-bond acceptors (Lipinski definition) is 4. The zero-order chi connectivity index (χ0) is 14.6. The fourth-order valence-corrected chi connectivity index (χ4v) is 1.26. The number of carboxylic acid groups (broad SMARTS) is 1. The number of methoxy groups -OCH3 is 1. The Balaban J connectivity index is 3.04. The third kappa shape index (κ3) is 3.51. The predicted molar refractivity (Wildman–Crippen MR) is 63.2 cm³/mol. The summed E-state index contributed by atoms with van der Waals surface area (Å²) in [6.45, 7) is 1.19. The van der Waals surface area contributed by atoms with E-state index in [4.69, 9.17) is 5.11 Å². The molecule has 0 saturated carbocycles. The van der Waals surface area contributed by atoms with Crippen LogP contribution < -0.4 is 5.32 Å². The predicted octanol–water partition coefficient (Wildman–Crippen LogP) is 1.27. The van der Waals surface area contributed by atoms with E-state index in [-0.39, 0.29) is 11.3 Å². The second-order valence-electron chi connectivity index (χ2n) is 3.73. The highest BCUT2D eigenvalue weighted by Crippen LogP contribution is 2.19. The standard InChI is InChI=1S/C12H12FNO5/c1-6(11(16)17)10(15)14-9-4-3-7(13)5-8(9)12(18)19-2/h3-6H,1-2H3,(H,14,15)(H,16,17). The van der Waals surface area contributed by atoms with Crippen molar-refractivity contribution in [2.45, 2.75) is 6.92 Å². The van der Waals surface area contributed by atoms with E-state index in [1.165, 1.54) is 6.92 Å². The molecule has 0 radical (unpaired) electrons. The number of ether oxygens (including phenoxy) is 1. The largest absolute Gasteiger partial charge is 0.481 e. The molecule has 0 fully saturated rings. The number of hydrogen-bond donors (Lipinski definition) is 2. The van der Waals surface area contributed by atoms with Gasteiger partial charge in [-0.05, 0) is 25.1 Å². The second kappa shape index (κ2) is 5.94. The lowest BCUT2D eigenvalue weighted by atomic mass is 10.1. The molecule has 1 rings (SSSR count). The van der Waals surface area contributed by atoms with Crippen molar-refractivity contribution in [1.82, 2.24) is 0 Å². The van der Waals surface area contributed by atoms with Gasteiger partial charge in [0.05, 0.1) is 18.4 Å². The lowest BCUT2D eigenvalue weighted by Crippen LogP contribution is -2.27. The number of carbonyl (C=O) groups is 3. The summed E-state index contributed by atoms with van der Waals surface area (Å²) in [5.74, 6) is -4.93. The molecule has 1 atom stereocenters. The molecule has 0 heterocycles. The number of carbonyl (C=O) groups excluding carboxylic acids is 2. The molecule has 2 N–H and O–H groups in total. The second-order valence-corrected chi connectivity index (χ2v) is 3.73. The van der Waals surface area contributed by atoms with Gasteiger partial charge >= 0.3 is 11.9 Å². The highest BCUT2D eigenvalue weighted by atomic mass is 19.1. The highest BCUT2D eigenvalue weighted by molar-refractivity contribution is 6.07. The molecule has 1 aromatic carbocycles. The Labute approximate surface area is 108 Å². The van der Waals surface area contributed by atoms with E-state index >= 15 is 0 Å². The molecule has 1 aromatic rings. The van der Waals surface area contributed by atoms with Crippen molar-refractivity contribution >= 4 is 23.5 Å². The van der Waals surface area contributed by atoms with Crippen molar-refractivity contribution in [2.75, 3.05) is 12.4 Å². The van der Waals surface area contributed by atoms with Crippen LogP contribution in [0.5, 0.6) is 0 Å². The first-order chi connectivity index (χ1) is 8.86. The molecule has 0 aliphatic carbocycles. The summed E-state index contributed by atoms with van der Waals surface area (Å²) in [6.07, 6.45) is 0. The Morgan fingerprint density at radius 2 is 2.00 bits per heavy atom. The van der Waals surface area contributed by atoms with Crippen LogP contribution in [0.2, 0.25) is 0 Å². The zero-order valence-corrected chi connectivity index (χ0v) is 10.3. The number of anilines is 1. The summed E-state index contributed by atoms with van der Waals surface area (Å²) in [5, 5.41) is 10.9. The Kier molecular flexibility index (Phi) is 4.57. The number of esters is 1. The molecule has 0 spiro atoms. The normalized spacial score (nSPS) is 11.5. The maximum atomic E-state index is 13.1. The molecule has 0 saturated heterocycles. The Morgan fingerprint density at radius 3 is 2.53 bits per heavy atom. The average molecular weight is 269 g/mol. The quantitative estimate of drug-likeness (QED) is 0.634. The molecule has 0 aliphatic rings. The lowest BCUT2D eigenvalue weighted by Gasteiger charge is -2.11. The van der Waals surface area contributed by atoms with Gasteiger partial charge < -0.3 is 15.2 Å². The van der Waals surface area contributed by atoms with Gasteiger partial charge in [-0.3, -0.25) is 9.59 Å². The summed E-state index contributed by atoms with van der Waals surface area (Å²) in [6, 6.07) is 3.09. The SMILES string of the molecule is COC(=O)c1cc(F)ccc1NC(=O)C(C)C(=O)O. The number of aliphatic carboxylic acids is 1. The molecule has 19 heavy (non-hydrogen) atoms. The van der Waals surface area contributed by atoms with Gasteiger partial charge in [0.25, 0.3) is 0 Å². The van der Waals surface area contributed by atoms with E-state index in [0.717, 1.165) is 25.3 Å². The van der Waals surface area contributed by atoms with Gasteiger partial charge in [0.15, 0.2) is 0 Å². The first-order valence-electron chi connectivity index (χ1n) is 5.28. The smallest absolute Gasteiger partial charge is 0.340 e. The summed E-state index contributed by atoms with van der Waals surface area (Å²) in [7, 11) is 1.11.